The van der Waals surface area contributed by atoms with Crippen molar-refractivity contribution in [1.82, 2.24) is 5.32 Å². The molecule has 2 aromatic rings. The van der Waals surface area contributed by atoms with E-state index >= 15 is 0 Å². The van der Waals surface area contributed by atoms with Crippen LogP contribution in [-0.4, -0.2) is 32.0 Å². The van der Waals surface area contributed by atoms with Gasteiger partial charge in [-0.05, 0) is 61.3 Å². The molecule has 2 rings (SSSR count). The number of amides is 1. The number of benzene rings is 2. The van der Waals surface area contributed by atoms with E-state index in [1.807, 2.05) is 30.3 Å². The number of ether oxygens (including phenoxy) is 1. The van der Waals surface area contributed by atoms with Crippen LogP contribution in [0.25, 0.3) is 0 Å². The first-order valence-electron chi connectivity index (χ1n) is 9.67. The summed E-state index contributed by atoms with van der Waals surface area (Å²) >= 11 is 5.05. The highest BCUT2D eigenvalue weighted by molar-refractivity contribution is 7.89. The number of esters is 1. The summed E-state index contributed by atoms with van der Waals surface area (Å²) < 4.78 is 27.6. The van der Waals surface area contributed by atoms with E-state index in [2.05, 4.69) is 10.6 Å². The Hall–Kier alpha value is -2.82. The maximum absolute atomic E-state index is 11.9. The number of nitrogens with one attached hydrogen (secondary N) is 2. The maximum Gasteiger partial charge on any atom is 0.305 e. The molecule has 10 heteroatoms. The highest BCUT2D eigenvalue weighted by Crippen LogP contribution is 2.12. The summed E-state index contributed by atoms with van der Waals surface area (Å²) in [5.74, 6) is -0.674. The standard InChI is InChI=1S/C21H25N3O5S2/c22-31(27,28)18-13-11-17(12-14-18)23-21(30)24-19(25)9-4-10-20(26)29-15-5-8-16-6-2-1-3-7-16/h1-3,6-7,11-14H,4-5,8-10,15H2,(H2,22,27,28)(H2,23,24,25,30). The first-order chi connectivity index (χ1) is 14.7. The molecule has 0 unspecified atom stereocenters. The van der Waals surface area contributed by atoms with Gasteiger partial charge in [-0.3, -0.25) is 9.59 Å². The largest absolute Gasteiger partial charge is 0.466 e. The van der Waals surface area contributed by atoms with Crippen LogP contribution in [0.3, 0.4) is 0 Å². The molecule has 0 fully saturated rings. The van der Waals surface area contributed by atoms with Crippen LogP contribution in [0.5, 0.6) is 0 Å². The summed E-state index contributed by atoms with van der Waals surface area (Å²) in [5, 5.41) is 10.4. The smallest absolute Gasteiger partial charge is 0.305 e. The van der Waals surface area contributed by atoms with E-state index in [4.69, 9.17) is 22.1 Å². The molecule has 0 aromatic heterocycles. The van der Waals surface area contributed by atoms with E-state index in [0.29, 0.717) is 18.7 Å². The number of anilines is 1. The Labute approximate surface area is 187 Å². The molecule has 1 amide bonds. The Morgan fingerprint density at radius 2 is 1.65 bits per heavy atom. The third kappa shape index (κ3) is 9.69. The SMILES string of the molecule is NS(=O)(=O)c1ccc(NC(=S)NC(=O)CCCC(=O)OCCCc2ccccc2)cc1. The zero-order valence-corrected chi connectivity index (χ0v) is 18.5. The Balaban J connectivity index is 1.59. The third-order valence-corrected chi connectivity index (χ3v) is 5.33. The van der Waals surface area contributed by atoms with E-state index in [-0.39, 0.29) is 34.7 Å². The summed E-state index contributed by atoms with van der Waals surface area (Å²) in [6, 6.07) is 15.6. The van der Waals surface area contributed by atoms with Gasteiger partial charge in [0.25, 0.3) is 0 Å². The van der Waals surface area contributed by atoms with E-state index in [9.17, 15) is 18.0 Å². The van der Waals surface area contributed by atoms with Gasteiger partial charge in [0, 0.05) is 18.5 Å². The van der Waals surface area contributed by atoms with Gasteiger partial charge < -0.3 is 15.4 Å². The summed E-state index contributed by atoms with van der Waals surface area (Å²) in [6.07, 6.45) is 2.19. The number of aryl methyl sites for hydroxylation is 1. The van der Waals surface area contributed by atoms with Crippen molar-refractivity contribution in [2.24, 2.45) is 5.14 Å². The van der Waals surface area contributed by atoms with Crippen molar-refractivity contribution >= 4 is 44.9 Å². The van der Waals surface area contributed by atoms with Crippen molar-refractivity contribution in [2.45, 2.75) is 37.0 Å². The lowest BCUT2D eigenvalue weighted by atomic mass is 10.1. The second-order valence-corrected chi connectivity index (χ2v) is 8.70. The highest BCUT2D eigenvalue weighted by atomic mass is 32.2. The van der Waals surface area contributed by atoms with Crippen molar-refractivity contribution in [3.05, 3.63) is 60.2 Å². The van der Waals surface area contributed by atoms with Gasteiger partial charge in [0.15, 0.2) is 5.11 Å². The molecule has 0 aliphatic carbocycles. The van der Waals surface area contributed by atoms with Crippen LogP contribution < -0.4 is 15.8 Å². The first-order valence-corrected chi connectivity index (χ1v) is 11.6. The molecule has 8 nitrogen and oxygen atoms in total. The highest BCUT2D eigenvalue weighted by Gasteiger charge is 2.10. The van der Waals surface area contributed by atoms with E-state index in [0.717, 1.165) is 12.8 Å². The van der Waals surface area contributed by atoms with Crippen LogP contribution in [0, 0.1) is 0 Å². The van der Waals surface area contributed by atoms with Crippen LogP contribution >= 0.6 is 12.2 Å². The number of hydrogen-bond donors (Lipinski definition) is 3. The van der Waals surface area contributed by atoms with Gasteiger partial charge in [-0.1, -0.05) is 30.3 Å². The maximum atomic E-state index is 11.9. The van der Waals surface area contributed by atoms with Crippen molar-refractivity contribution in [2.75, 3.05) is 11.9 Å². The number of thiocarbonyl (C=S) groups is 1. The molecule has 31 heavy (non-hydrogen) atoms. The monoisotopic (exact) mass is 463 g/mol. The van der Waals surface area contributed by atoms with Crippen molar-refractivity contribution in [3.63, 3.8) is 0 Å². The number of primary sulfonamides is 1. The molecule has 0 aliphatic heterocycles. The number of sulfonamides is 1. The predicted molar refractivity (Wildman–Crippen MR) is 122 cm³/mol. The van der Waals surface area contributed by atoms with Crippen LogP contribution in [0.4, 0.5) is 5.69 Å². The van der Waals surface area contributed by atoms with E-state index < -0.39 is 10.0 Å². The van der Waals surface area contributed by atoms with Crippen molar-refractivity contribution in [3.8, 4) is 0 Å². The van der Waals surface area contributed by atoms with Gasteiger partial charge in [0.1, 0.15) is 0 Å². The topological polar surface area (TPSA) is 128 Å². The molecule has 0 saturated heterocycles. The average Bonchev–Trinajstić information content (AvgIpc) is 2.71. The summed E-state index contributed by atoms with van der Waals surface area (Å²) in [6.45, 7) is 0.345. The second kappa shape index (κ2) is 12.1. The minimum absolute atomic E-state index is 0.0278. The molecular formula is C21H25N3O5S2. The summed E-state index contributed by atoms with van der Waals surface area (Å²) in [7, 11) is -3.77. The fourth-order valence-electron chi connectivity index (χ4n) is 2.65. The lowest BCUT2D eigenvalue weighted by Gasteiger charge is -2.10. The van der Waals surface area contributed by atoms with E-state index in [1.54, 1.807) is 0 Å². The van der Waals surface area contributed by atoms with Crippen molar-refractivity contribution in [1.29, 1.82) is 0 Å². The molecule has 0 heterocycles. The average molecular weight is 464 g/mol. The molecule has 2 aromatic carbocycles. The van der Waals surface area contributed by atoms with Gasteiger partial charge in [-0.25, -0.2) is 13.6 Å². The number of rotatable bonds is 10. The second-order valence-electron chi connectivity index (χ2n) is 6.73. The molecule has 0 bridgehead atoms. The Kier molecular flexibility index (Phi) is 9.57. The Morgan fingerprint density at radius 3 is 2.29 bits per heavy atom. The van der Waals surface area contributed by atoms with Gasteiger partial charge >= 0.3 is 5.97 Å². The Bertz CT molecular complexity index is 993. The van der Waals surface area contributed by atoms with Gasteiger partial charge in [0.05, 0.1) is 11.5 Å². The Morgan fingerprint density at radius 1 is 0.968 bits per heavy atom. The van der Waals surface area contributed by atoms with E-state index in [1.165, 1.54) is 29.8 Å². The number of carbonyl (C=O) groups is 2. The molecule has 4 N–H and O–H groups in total. The van der Waals surface area contributed by atoms with Crippen molar-refractivity contribution < 1.29 is 22.7 Å². The number of hydrogen-bond acceptors (Lipinski definition) is 6. The first kappa shape index (κ1) is 24.4. The minimum atomic E-state index is -3.77. The minimum Gasteiger partial charge on any atom is -0.466 e. The number of nitrogens with two attached hydrogens (primary N) is 1. The normalized spacial score (nSPS) is 10.9. The lowest BCUT2D eigenvalue weighted by molar-refractivity contribution is -0.143. The van der Waals surface area contributed by atoms with Crippen LogP contribution in [-0.2, 0) is 30.8 Å². The molecule has 0 spiro atoms. The predicted octanol–water partition coefficient (Wildman–Crippen LogP) is 2.49. The quantitative estimate of drug-likeness (QED) is 0.281. The molecular weight excluding hydrogens is 438 g/mol. The fraction of sp³-hybridized carbons (Fsp3) is 0.286. The summed E-state index contributed by atoms with van der Waals surface area (Å²) in [4.78, 5) is 23.7. The molecule has 0 aliphatic rings. The van der Waals surface area contributed by atoms with Gasteiger partial charge in [-0.15, -0.1) is 0 Å². The lowest BCUT2D eigenvalue weighted by Crippen LogP contribution is -2.34. The molecule has 0 radical (unpaired) electrons. The number of carbonyl (C=O) groups excluding carboxylic acids is 2. The molecule has 0 atom stereocenters. The van der Waals surface area contributed by atoms with Crippen LogP contribution in [0.1, 0.15) is 31.2 Å². The van der Waals surface area contributed by atoms with Crippen LogP contribution in [0.2, 0.25) is 0 Å². The fourth-order valence-corrected chi connectivity index (χ4v) is 3.40. The molecule has 166 valence electrons. The zero-order chi connectivity index (χ0) is 22.7. The molecule has 0 saturated carbocycles. The van der Waals surface area contributed by atoms with Crippen LogP contribution in [0.15, 0.2) is 59.5 Å². The van der Waals surface area contributed by atoms with Gasteiger partial charge in [-0.2, -0.15) is 0 Å². The summed E-state index contributed by atoms with van der Waals surface area (Å²) in [5.41, 5.74) is 1.69. The third-order valence-electron chi connectivity index (χ3n) is 4.19. The van der Waals surface area contributed by atoms with Gasteiger partial charge in [0.2, 0.25) is 15.9 Å². The zero-order valence-electron chi connectivity index (χ0n) is 16.9.